The van der Waals surface area contributed by atoms with Crippen LogP contribution in [0.2, 0.25) is 0 Å². The van der Waals surface area contributed by atoms with Gasteiger partial charge in [0.05, 0.1) is 12.6 Å². The van der Waals surface area contributed by atoms with Crippen LogP contribution in [0.1, 0.15) is 31.4 Å². The van der Waals surface area contributed by atoms with Crippen LogP contribution in [0.15, 0.2) is 24.3 Å². The first-order chi connectivity index (χ1) is 8.52. The van der Waals surface area contributed by atoms with Gasteiger partial charge in [-0.3, -0.25) is 4.79 Å². The molecule has 4 N–H and O–H groups in total. The Morgan fingerprint density at radius 3 is 2.58 bits per heavy atom. The molecule has 0 saturated heterocycles. The Bertz CT molecular complexity index is 397. The summed E-state index contributed by atoms with van der Waals surface area (Å²) in [7, 11) is 0. The van der Waals surface area contributed by atoms with Gasteiger partial charge in [-0.1, -0.05) is 38.1 Å². The molecule has 1 aromatic carbocycles. The van der Waals surface area contributed by atoms with Gasteiger partial charge in [-0.15, -0.1) is 12.4 Å². The predicted molar refractivity (Wildman–Crippen MR) is 78.9 cm³/mol. The van der Waals surface area contributed by atoms with Gasteiger partial charge in [0.25, 0.3) is 0 Å². The fraction of sp³-hybridized carbons (Fsp3) is 0.500. The molecule has 0 saturated carbocycles. The molecular weight excluding hydrogens is 264 g/mol. The molecule has 4 nitrogen and oxygen atoms in total. The smallest absolute Gasteiger partial charge is 0.237 e. The number of halogens is 1. The second-order valence-corrected chi connectivity index (χ2v) is 4.93. The zero-order valence-corrected chi connectivity index (χ0v) is 12.2. The highest BCUT2D eigenvalue weighted by Crippen LogP contribution is 2.06. The number of hydrogen-bond donors (Lipinski definition) is 3. The van der Waals surface area contributed by atoms with Gasteiger partial charge in [0.15, 0.2) is 0 Å². The van der Waals surface area contributed by atoms with Crippen molar-refractivity contribution in [1.29, 1.82) is 0 Å². The van der Waals surface area contributed by atoms with E-state index in [1.807, 2.05) is 38.1 Å². The maximum Gasteiger partial charge on any atom is 0.237 e. The molecule has 19 heavy (non-hydrogen) atoms. The number of carbonyl (C=O) groups excluding carboxylic acids is 1. The summed E-state index contributed by atoms with van der Waals surface area (Å²) in [6.07, 6.45) is 0.683. The van der Waals surface area contributed by atoms with Gasteiger partial charge in [0.2, 0.25) is 5.91 Å². The van der Waals surface area contributed by atoms with Gasteiger partial charge in [0.1, 0.15) is 0 Å². The van der Waals surface area contributed by atoms with Crippen molar-refractivity contribution in [3.8, 4) is 0 Å². The van der Waals surface area contributed by atoms with E-state index in [1.165, 1.54) is 0 Å². The monoisotopic (exact) mass is 286 g/mol. The molecule has 0 fully saturated rings. The van der Waals surface area contributed by atoms with Gasteiger partial charge in [-0.05, 0) is 23.5 Å². The minimum absolute atomic E-state index is 0. The third kappa shape index (κ3) is 6.57. The SMILES string of the molecule is CC(C)C[C@H](N)C(=O)NCc1cccc(CO)c1.Cl. The lowest BCUT2D eigenvalue weighted by Crippen LogP contribution is -2.41. The fourth-order valence-corrected chi connectivity index (χ4v) is 1.77. The topological polar surface area (TPSA) is 75.4 Å². The lowest BCUT2D eigenvalue weighted by molar-refractivity contribution is -0.122. The van der Waals surface area contributed by atoms with Crippen LogP contribution in [0, 0.1) is 5.92 Å². The Labute approximate surface area is 120 Å². The number of carbonyl (C=O) groups is 1. The Kier molecular flexibility index (Phi) is 8.39. The zero-order valence-electron chi connectivity index (χ0n) is 11.4. The highest BCUT2D eigenvalue weighted by Gasteiger charge is 2.14. The molecule has 1 amide bonds. The fourth-order valence-electron chi connectivity index (χ4n) is 1.77. The van der Waals surface area contributed by atoms with Crippen LogP contribution >= 0.6 is 12.4 Å². The summed E-state index contributed by atoms with van der Waals surface area (Å²) in [5, 5.41) is 11.8. The predicted octanol–water partition coefficient (Wildman–Crippen LogP) is 1.59. The molecule has 1 atom stereocenters. The second kappa shape index (κ2) is 8.91. The summed E-state index contributed by atoms with van der Waals surface area (Å²) in [5.74, 6) is 0.279. The normalized spacial score (nSPS) is 11.8. The first-order valence-electron chi connectivity index (χ1n) is 6.25. The quantitative estimate of drug-likeness (QED) is 0.743. The van der Waals surface area contributed by atoms with Gasteiger partial charge in [-0.2, -0.15) is 0 Å². The van der Waals surface area contributed by atoms with Crippen LogP contribution in [0.5, 0.6) is 0 Å². The molecule has 0 unspecified atom stereocenters. The number of nitrogens with two attached hydrogens (primary N) is 1. The second-order valence-electron chi connectivity index (χ2n) is 4.93. The number of aliphatic hydroxyl groups excluding tert-OH is 1. The lowest BCUT2D eigenvalue weighted by Gasteiger charge is -2.14. The number of nitrogens with one attached hydrogen (secondary N) is 1. The molecule has 1 rings (SSSR count). The maximum atomic E-state index is 11.7. The summed E-state index contributed by atoms with van der Waals surface area (Å²) in [6, 6.07) is 7.03. The van der Waals surface area contributed by atoms with E-state index in [4.69, 9.17) is 10.8 Å². The lowest BCUT2D eigenvalue weighted by atomic mass is 10.0. The summed E-state index contributed by atoms with van der Waals surface area (Å²) >= 11 is 0. The Morgan fingerprint density at radius 1 is 1.37 bits per heavy atom. The highest BCUT2D eigenvalue weighted by molar-refractivity contribution is 5.85. The van der Waals surface area contributed by atoms with Gasteiger partial charge >= 0.3 is 0 Å². The summed E-state index contributed by atoms with van der Waals surface area (Å²) in [6.45, 7) is 4.53. The molecule has 0 heterocycles. The highest BCUT2D eigenvalue weighted by atomic mass is 35.5. The van der Waals surface area contributed by atoms with Crippen LogP contribution < -0.4 is 11.1 Å². The number of rotatable bonds is 6. The van der Waals surface area contributed by atoms with E-state index in [0.29, 0.717) is 18.9 Å². The molecule has 0 aliphatic carbocycles. The van der Waals surface area contributed by atoms with Gasteiger partial charge in [0, 0.05) is 6.54 Å². The number of aliphatic hydroxyl groups is 1. The van der Waals surface area contributed by atoms with Crippen LogP contribution in [-0.4, -0.2) is 17.1 Å². The maximum absolute atomic E-state index is 11.7. The van der Waals surface area contributed by atoms with E-state index in [9.17, 15) is 4.79 Å². The standard InChI is InChI=1S/C14H22N2O2.ClH/c1-10(2)6-13(15)14(18)16-8-11-4-3-5-12(7-11)9-17;/h3-5,7,10,13,17H,6,8-9,15H2,1-2H3,(H,16,18);1H/t13-;/m0./s1. The van der Waals surface area contributed by atoms with Crippen LogP contribution in [-0.2, 0) is 17.9 Å². The van der Waals surface area contributed by atoms with E-state index in [1.54, 1.807) is 0 Å². The van der Waals surface area contributed by atoms with E-state index < -0.39 is 6.04 Å². The van der Waals surface area contributed by atoms with Crippen molar-refractivity contribution in [2.45, 2.75) is 39.5 Å². The Morgan fingerprint density at radius 2 is 2.00 bits per heavy atom. The summed E-state index contributed by atoms with van der Waals surface area (Å²) < 4.78 is 0. The van der Waals surface area contributed by atoms with Crippen molar-refractivity contribution in [2.75, 3.05) is 0 Å². The molecule has 1 aromatic rings. The largest absolute Gasteiger partial charge is 0.392 e. The van der Waals surface area contributed by atoms with Gasteiger partial charge in [-0.25, -0.2) is 0 Å². The third-order valence-corrected chi connectivity index (χ3v) is 2.70. The zero-order chi connectivity index (χ0) is 13.5. The van der Waals surface area contributed by atoms with Crippen molar-refractivity contribution in [3.05, 3.63) is 35.4 Å². The van der Waals surface area contributed by atoms with Crippen LogP contribution in [0.25, 0.3) is 0 Å². The molecular formula is C14H23ClN2O2. The Balaban J connectivity index is 0.00000324. The van der Waals surface area contributed by atoms with Crippen LogP contribution in [0.3, 0.4) is 0 Å². The molecule has 108 valence electrons. The van der Waals surface area contributed by atoms with Crippen molar-refractivity contribution in [2.24, 2.45) is 11.7 Å². The van der Waals surface area contributed by atoms with E-state index >= 15 is 0 Å². The Hall–Kier alpha value is -1.10. The molecule has 5 heteroatoms. The van der Waals surface area contributed by atoms with Crippen molar-refractivity contribution in [1.82, 2.24) is 5.32 Å². The molecule has 0 aromatic heterocycles. The molecule has 0 radical (unpaired) electrons. The average Bonchev–Trinajstić information content (AvgIpc) is 2.35. The third-order valence-electron chi connectivity index (χ3n) is 2.70. The van der Waals surface area contributed by atoms with E-state index in [0.717, 1.165) is 11.1 Å². The number of hydrogen-bond acceptors (Lipinski definition) is 3. The number of benzene rings is 1. The summed E-state index contributed by atoms with van der Waals surface area (Å²) in [4.78, 5) is 11.7. The molecule has 0 aliphatic rings. The first-order valence-corrected chi connectivity index (χ1v) is 6.25. The van der Waals surface area contributed by atoms with Crippen LogP contribution in [0.4, 0.5) is 0 Å². The number of amides is 1. The van der Waals surface area contributed by atoms with Crippen molar-refractivity contribution < 1.29 is 9.90 Å². The molecule has 0 aliphatic heterocycles. The minimum Gasteiger partial charge on any atom is -0.392 e. The first kappa shape index (κ1) is 17.9. The van der Waals surface area contributed by atoms with Crippen molar-refractivity contribution >= 4 is 18.3 Å². The summed E-state index contributed by atoms with van der Waals surface area (Å²) in [5.41, 5.74) is 7.59. The van der Waals surface area contributed by atoms with Crippen molar-refractivity contribution in [3.63, 3.8) is 0 Å². The molecule has 0 spiro atoms. The van der Waals surface area contributed by atoms with E-state index in [-0.39, 0.29) is 24.9 Å². The minimum atomic E-state index is -0.453. The average molecular weight is 287 g/mol. The molecule has 0 bridgehead atoms. The van der Waals surface area contributed by atoms with E-state index in [2.05, 4.69) is 5.32 Å². The van der Waals surface area contributed by atoms with Gasteiger partial charge < -0.3 is 16.2 Å².